The molecule has 2 aromatic carbocycles. The Morgan fingerprint density at radius 3 is 2.00 bits per heavy atom. The Hall–Kier alpha value is -1.49. The van der Waals surface area contributed by atoms with E-state index in [1.165, 1.54) is 0 Å². The van der Waals surface area contributed by atoms with Crippen LogP contribution in [-0.4, -0.2) is 0 Å². The number of nitrogens with one attached hydrogen (secondary N) is 3. The lowest BCUT2D eigenvalue weighted by molar-refractivity contribution is 0.485. The van der Waals surface area contributed by atoms with Crippen LogP contribution in [0, 0.1) is 0 Å². The first-order valence-corrected chi connectivity index (χ1v) is 6.43. The average Bonchev–Trinajstić information content (AvgIpc) is 2.47. The van der Waals surface area contributed by atoms with Gasteiger partial charge in [-0.25, -0.2) is 0 Å². The summed E-state index contributed by atoms with van der Waals surface area (Å²) in [6.45, 7) is 0. The summed E-state index contributed by atoms with van der Waals surface area (Å²) in [7, 11) is 0. The summed E-state index contributed by atoms with van der Waals surface area (Å²) in [5.41, 5.74) is 1.53. The molecule has 0 aliphatic carbocycles. The average molecular weight is 319 g/mol. The van der Waals surface area contributed by atoms with Gasteiger partial charge in [0.15, 0.2) is 5.75 Å². The van der Waals surface area contributed by atoms with Crippen molar-refractivity contribution < 1.29 is 4.74 Å². The van der Waals surface area contributed by atoms with Crippen molar-refractivity contribution in [2.45, 2.75) is 0 Å². The van der Waals surface area contributed by atoms with Gasteiger partial charge in [0.25, 0.3) is 0 Å². The Bertz CT molecular complexity index is 551. The van der Waals surface area contributed by atoms with Crippen molar-refractivity contribution in [1.29, 1.82) is 0 Å². The van der Waals surface area contributed by atoms with Gasteiger partial charge in [0, 0.05) is 35.3 Å². The molecule has 0 fully saturated rings. The Labute approximate surface area is 125 Å². The molecule has 100 valence electrons. The number of para-hydroxylation sites is 1. The smallest absolute Gasteiger partial charge is 0.154 e. The van der Waals surface area contributed by atoms with Gasteiger partial charge in [-0.1, -0.05) is 18.2 Å². The molecule has 4 nitrogen and oxygen atoms in total. The van der Waals surface area contributed by atoms with Crippen molar-refractivity contribution in [3.63, 3.8) is 0 Å². The quantitative estimate of drug-likeness (QED) is 0.665. The maximum absolute atomic E-state index is 5.73. The first-order valence-electron chi connectivity index (χ1n) is 5.30. The number of hydrogen-bond acceptors (Lipinski definition) is 4. The van der Waals surface area contributed by atoms with Gasteiger partial charge >= 0.3 is 0 Å². The van der Waals surface area contributed by atoms with E-state index in [-0.39, 0.29) is 0 Å². The van der Waals surface area contributed by atoms with Crippen LogP contribution in [0.4, 0.5) is 17.1 Å². The van der Waals surface area contributed by atoms with Crippen LogP contribution in [-0.2, 0) is 0 Å². The van der Waals surface area contributed by atoms with E-state index in [4.69, 9.17) is 40.1 Å². The zero-order valence-corrected chi connectivity index (χ0v) is 11.9. The lowest BCUT2D eigenvalue weighted by Crippen LogP contribution is -1.97. The summed E-state index contributed by atoms with van der Waals surface area (Å²) < 4.78 is 5.73. The van der Waals surface area contributed by atoms with Gasteiger partial charge in [0.2, 0.25) is 0 Å². The molecule has 0 radical (unpaired) electrons. The first-order chi connectivity index (χ1) is 9.30. The fraction of sp³-hybridized carbons (Fsp3) is 0. The van der Waals surface area contributed by atoms with Gasteiger partial charge in [0.1, 0.15) is 17.1 Å². The highest BCUT2D eigenvalue weighted by Crippen LogP contribution is 2.41. The fourth-order valence-corrected chi connectivity index (χ4v) is 2.10. The SMILES string of the molecule is ClNc1ccc(Oc2ccccc2)c(NCl)c1NCl. The highest BCUT2D eigenvalue weighted by molar-refractivity contribution is 6.31. The van der Waals surface area contributed by atoms with Gasteiger partial charge < -0.3 is 4.74 Å². The van der Waals surface area contributed by atoms with Crippen LogP contribution in [0.25, 0.3) is 0 Å². The monoisotopic (exact) mass is 317 g/mol. The Morgan fingerprint density at radius 2 is 1.42 bits per heavy atom. The van der Waals surface area contributed by atoms with E-state index >= 15 is 0 Å². The highest BCUT2D eigenvalue weighted by Gasteiger charge is 2.14. The minimum absolute atomic E-state index is 0.478. The van der Waals surface area contributed by atoms with Crippen LogP contribution in [0.5, 0.6) is 11.5 Å². The Morgan fingerprint density at radius 1 is 0.737 bits per heavy atom. The standard InChI is InChI=1S/C12H10Cl3N3O/c13-16-9-6-7-10(12(18-15)11(9)17-14)19-8-4-2-1-3-5-8/h1-7,16-18H. The van der Waals surface area contributed by atoms with Crippen molar-refractivity contribution >= 4 is 52.4 Å². The zero-order chi connectivity index (χ0) is 13.7. The van der Waals surface area contributed by atoms with Gasteiger partial charge in [-0.05, 0) is 24.3 Å². The number of rotatable bonds is 5. The molecule has 7 heteroatoms. The fourth-order valence-electron chi connectivity index (χ4n) is 1.55. The van der Waals surface area contributed by atoms with Crippen molar-refractivity contribution in [3.8, 4) is 11.5 Å². The van der Waals surface area contributed by atoms with E-state index in [0.717, 1.165) is 0 Å². The normalized spacial score (nSPS) is 9.84. The Kier molecular flexibility index (Phi) is 4.85. The van der Waals surface area contributed by atoms with Crippen LogP contribution >= 0.6 is 35.3 Å². The molecule has 19 heavy (non-hydrogen) atoms. The molecule has 2 rings (SSSR count). The molecule has 0 aromatic heterocycles. The molecule has 0 bridgehead atoms. The lowest BCUT2D eigenvalue weighted by Gasteiger charge is -2.15. The highest BCUT2D eigenvalue weighted by atomic mass is 35.5. The maximum atomic E-state index is 5.73. The first kappa shape index (κ1) is 13.9. The predicted octanol–water partition coefficient (Wildman–Crippen LogP) is 5.18. The van der Waals surface area contributed by atoms with E-state index in [2.05, 4.69) is 14.5 Å². The van der Waals surface area contributed by atoms with Gasteiger partial charge in [-0.3, -0.25) is 14.5 Å². The molecule has 0 saturated heterocycles. The second kappa shape index (κ2) is 6.61. The third-order valence-electron chi connectivity index (χ3n) is 2.43. The van der Waals surface area contributed by atoms with Crippen molar-refractivity contribution in [1.82, 2.24) is 0 Å². The van der Waals surface area contributed by atoms with Gasteiger partial charge in [-0.2, -0.15) is 0 Å². The molecule has 3 N–H and O–H groups in total. The molecular formula is C12H10Cl3N3O. The Balaban J connectivity index is 2.40. The summed E-state index contributed by atoms with van der Waals surface area (Å²) >= 11 is 17.0. The van der Waals surface area contributed by atoms with Gasteiger partial charge in [-0.15, -0.1) is 0 Å². The summed E-state index contributed by atoms with van der Waals surface area (Å²) in [5.74, 6) is 1.20. The van der Waals surface area contributed by atoms with Gasteiger partial charge in [0.05, 0.1) is 5.69 Å². The van der Waals surface area contributed by atoms with E-state index in [1.54, 1.807) is 12.1 Å². The number of ether oxygens (including phenoxy) is 1. The van der Waals surface area contributed by atoms with Crippen molar-refractivity contribution in [2.24, 2.45) is 0 Å². The minimum Gasteiger partial charge on any atom is -0.455 e. The summed E-state index contributed by atoms with van der Waals surface area (Å²) in [6.07, 6.45) is 0. The summed E-state index contributed by atoms with van der Waals surface area (Å²) in [5, 5.41) is 0. The number of anilines is 3. The summed E-state index contributed by atoms with van der Waals surface area (Å²) in [6, 6.07) is 12.8. The molecule has 0 saturated carbocycles. The van der Waals surface area contributed by atoms with Crippen LogP contribution in [0.15, 0.2) is 42.5 Å². The molecule has 0 spiro atoms. The molecule has 2 aromatic rings. The maximum Gasteiger partial charge on any atom is 0.154 e. The van der Waals surface area contributed by atoms with Crippen LogP contribution in [0.1, 0.15) is 0 Å². The lowest BCUT2D eigenvalue weighted by atomic mass is 10.2. The zero-order valence-electron chi connectivity index (χ0n) is 9.58. The second-order valence-electron chi connectivity index (χ2n) is 3.56. The van der Waals surface area contributed by atoms with Crippen LogP contribution in [0.3, 0.4) is 0 Å². The second-order valence-corrected chi connectivity index (χ2v) is 4.13. The largest absolute Gasteiger partial charge is 0.455 e. The van der Waals surface area contributed by atoms with Crippen LogP contribution < -0.4 is 19.2 Å². The van der Waals surface area contributed by atoms with E-state index < -0.39 is 0 Å². The van der Waals surface area contributed by atoms with Crippen molar-refractivity contribution in [2.75, 3.05) is 14.5 Å². The van der Waals surface area contributed by atoms with E-state index in [1.807, 2.05) is 30.3 Å². The molecule has 0 unspecified atom stereocenters. The third-order valence-corrected chi connectivity index (χ3v) is 3.01. The molecule has 0 heterocycles. The molecule has 0 amide bonds. The van der Waals surface area contributed by atoms with E-state index in [9.17, 15) is 0 Å². The number of halogens is 3. The van der Waals surface area contributed by atoms with E-state index in [0.29, 0.717) is 28.6 Å². The predicted molar refractivity (Wildman–Crippen MR) is 81.4 cm³/mol. The molecule has 0 aliphatic rings. The molecule has 0 aliphatic heterocycles. The molecule has 0 atom stereocenters. The molecular weight excluding hydrogens is 309 g/mol. The number of hydrogen-bond donors (Lipinski definition) is 3. The van der Waals surface area contributed by atoms with Crippen molar-refractivity contribution in [3.05, 3.63) is 42.5 Å². The topological polar surface area (TPSA) is 45.3 Å². The number of benzene rings is 2. The third kappa shape index (κ3) is 3.10. The van der Waals surface area contributed by atoms with Crippen LogP contribution in [0.2, 0.25) is 0 Å². The summed E-state index contributed by atoms with van der Waals surface area (Å²) in [4.78, 5) is 7.49. The minimum atomic E-state index is 0.478.